The highest BCUT2D eigenvalue weighted by atomic mass is 35.5. The fourth-order valence-electron chi connectivity index (χ4n) is 1.69. The Bertz CT molecular complexity index is 631. The summed E-state index contributed by atoms with van der Waals surface area (Å²) in [5.74, 6) is -1.07. The van der Waals surface area contributed by atoms with Gasteiger partial charge in [-0.15, -0.1) is 0 Å². The molecule has 1 amide bonds. The van der Waals surface area contributed by atoms with Crippen LogP contribution in [-0.4, -0.2) is 18.1 Å². The number of para-hydroxylation sites is 1. The molecule has 5 heteroatoms. The fourth-order valence-corrected chi connectivity index (χ4v) is 1.89. The third-order valence-electron chi connectivity index (χ3n) is 2.70. The molecule has 3 nitrogen and oxygen atoms in total. The summed E-state index contributed by atoms with van der Waals surface area (Å²) in [6.07, 6.45) is 0. The van der Waals surface area contributed by atoms with Crippen molar-refractivity contribution >= 4 is 23.2 Å². The lowest BCUT2D eigenvalue weighted by molar-refractivity contribution is 0.0992. The van der Waals surface area contributed by atoms with Crippen LogP contribution in [0.15, 0.2) is 42.5 Å². The summed E-state index contributed by atoms with van der Waals surface area (Å²) >= 11 is 5.91. The van der Waals surface area contributed by atoms with Crippen LogP contribution >= 0.6 is 11.6 Å². The van der Waals surface area contributed by atoms with Gasteiger partial charge in [-0.05, 0) is 30.3 Å². The van der Waals surface area contributed by atoms with E-state index in [2.05, 4.69) is 0 Å². The Balaban J connectivity index is 2.39. The first-order valence-corrected chi connectivity index (χ1v) is 5.89. The van der Waals surface area contributed by atoms with Crippen LogP contribution < -0.4 is 4.90 Å². The average molecular weight is 280 g/mol. The van der Waals surface area contributed by atoms with Crippen molar-refractivity contribution < 1.29 is 14.3 Å². The quantitative estimate of drug-likeness (QED) is 0.914. The third kappa shape index (κ3) is 2.69. The summed E-state index contributed by atoms with van der Waals surface area (Å²) in [5, 5.41) is 9.59. The van der Waals surface area contributed by atoms with Gasteiger partial charge in [-0.3, -0.25) is 4.79 Å². The number of hydrogen-bond acceptors (Lipinski definition) is 2. The van der Waals surface area contributed by atoms with Crippen LogP contribution in [-0.2, 0) is 0 Å². The molecule has 1 N–H and O–H groups in total. The minimum absolute atomic E-state index is 0.0744. The molecule has 0 heterocycles. The SMILES string of the molecule is CN(C(=O)c1cc(O)ccc1Cl)c1ccccc1F. The Labute approximate surface area is 114 Å². The van der Waals surface area contributed by atoms with Gasteiger partial charge in [0.25, 0.3) is 5.91 Å². The highest BCUT2D eigenvalue weighted by Crippen LogP contribution is 2.25. The first kappa shape index (κ1) is 13.4. The number of benzene rings is 2. The molecular weight excluding hydrogens is 269 g/mol. The van der Waals surface area contributed by atoms with E-state index >= 15 is 0 Å². The molecule has 0 aromatic heterocycles. The first-order valence-electron chi connectivity index (χ1n) is 5.52. The lowest BCUT2D eigenvalue weighted by Crippen LogP contribution is -2.27. The van der Waals surface area contributed by atoms with Crippen molar-refractivity contribution in [3.8, 4) is 5.75 Å². The molecule has 2 aromatic carbocycles. The van der Waals surface area contributed by atoms with Crippen LogP contribution in [0.2, 0.25) is 5.02 Å². The number of carbonyl (C=O) groups is 1. The summed E-state index contributed by atoms with van der Waals surface area (Å²) in [4.78, 5) is 13.4. The van der Waals surface area contributed by atoms with E-state index in [4.69, 9.17) is 11.6 Å². The second kappa shape index (κ2) is 5.28. The molecule has 2 rings (SSSR count). The van der Waals surface area contributed by atoms with Crippen LogP contribution in [0.25, 0.3) is 0 Å². The normalized spacial score (nSPS) is 10.3. The number of nitrogens with zero attached hydrogens (tertiary/aromatic N) is 1. The van der Waals surface area contributed by atoms with Crippen molar-refractivity contribution in [2.75, 3.05) is 11.9 Å². The maximum absolute atomic E-state index is 13.6. The molecule has 0 unspecified atom stereocenters. The fraction of sp³-hybridized carbons (Fsp3) is 0.0714. The van der Waals surface area contributed by atoms with E-state index in [0.29, 0.717) is 0 Å². The second-order valence-electron chi connectivity index (χ2n) is 3.98. The summed E-state index contributed by atoms with van der Waals surface area (Å²) in [6.45, 7) is 0. The molecule has 0 bridgehead atoms. The highest BCUT2D eigenvalue weighted by molar-refractivity contribution is 6.34. The van der Waals surface area contributed by atoms with Crippen LogP contribution in [0.5, 0.6) is 5.75 Å². The van der Waals surface area contributed by atoms with Gasteiger partial charge in [0.2, 0.25) is 0 Å². The van der Waals surface area contributed by atoms with Gasteiger partial charge in [0, 0.05) is 7.05 Å². The Hall–Kier alpha value is -2.07. The van der Waals surface area contributed by atoms with Crippen molar-refractivity contribution in [2.24, 2.45) is 0 Å². The maximum Gasteiger partial charge on any atom is 0.259 e. The number of phenols is 1. The van der Waals surface area contributed by atoms with Crippen molar-refractivity contribution in [1.29, 1.82) is 0 Å². The molecule has 2 aromatic rings. The van der Waals surface area contributed by atoms with Gasteiger partial charge >= 0.3 is 0 Å². The summed E-state index contributed by atoms with van der Waals surface area (Å²) in [5.41, 5.74) is 0.263. The second-order valence-corrected chi connectivity index (χ2v) is 4.39. The average Bonchev–Trinajstić information content (AvgIpc) is 2.40. The summed E-state index contributed by atoms with van der Waals surface area (Å²) in [7, 11) is 1.45. The molecule has 0 aliphatic carbocycles. The van der Waals surface area contributed by atoms with Gasteiger partial charge in [0.05, 0.1) is 16.3 Å². The molecule has 0 aliphatic heterocycles. The number of phenolic OH excluding ortho intramolecular Hbond substituents is 1. The number of carbonyl (C=O) groups excluding carboxylic acids is 1. The minimum Gasteiger partial charge on any atom is -0.508 e. The number of rotatable bonds is 2. The lowest BCUT2D eigenvalue weighted by Gasteiger charge is -2.18. The van der Waals surface area contributed by atoms with E-state index in [1.807, 2.05) is 0 Å². The minimum atomic E-state index is -0.505. The molecule has 98 valence electrons. The van der Waals surface area contributed by atoms with E-state index in [9.17, 15) is 14.3 Å². The molecule has 0 saturated heterocycles. The van der Waals surface area contributed by atoms with Gasteiger partial charge in [0.15, 0.2) is 0 Å². The van der Waals surface area contributed by atoms with E-state index in [0.717, 1.165) is 4.90 Å². The van der Waals surface area contributed by atoms with E-state index < -0.39 is 11.7 Å². The lowest BCUT2D eigenvalue weighted by atomic mass is 10.1. The standard InChI is InChI=1S/C14H11ClFNO2/c1-17(13-5-3-2-4-12(13)16)14(19)10-8-9(18)6-7-11(10)15/h2-8,18H,1H3. The van der Waals surface area contributed by atoms with Crippen molar-refractivity contribution in [3.05, 3.63) is 58.9 Å². The molecule has 0 spiro atoms. The number of amides is 1. The Morgan fingerprint density at radius 3 is 2.63 bits per heavy atom. The molecule has 0 atom stereocenters. The largest absolute Gasteiger partial charge is 0.508 e. The van der Waals surface area contributed by atoms with Gasteiger partial charge in [-0.1, -0.05) is 23.7 Å². The van der Waals surface area contributed by atoms with Gasteiger partial charge in [-0.2, -0.15) is 0 Å². The summed E-state index contributed by atoms with van der Waals surface area (Å²) < 4.78 is 13.6. The molecule has 0 aliphatic rings. The maximum atomic E-state index is 13.6. The van der Waals surface area contributed by atoms with Gasteiger partial charge in [-0.25, -0.2) is 4.39 Å². The molecule has 19 heavy (non-hydrogen) atoms. The van der Waals surface area contributed by atoms with Crippen molar-refractivity contribution in [3.63, 3.8) is 0 Å². The zero-order chi connectivity index (χ0) is 14.0. The molecular formula is C14H11ClFNO2. The first-order chi connectivity index (χ1) is 9.00. The number of anilines is 1. The van der Waals surface area contributed by atoms with Gasteiger partial charge < -0.3 is 10.0 Å². The predicted octanol–water partition coefficient (Wildman–Crippen LogP) is 3.46. The Morgan fingerprint density at radius 1 is 1.26 bits per heavy atom. The zero-order valence-electron chi connectivity index (χ0n) is 10.1. The smallest absolute Gasteiger partial charge is 0.259 e. The van der Waals surface area contributed by atoms with Crippen LogP contribution in [0.4, 0.5) is 10.1 Å². The number of halogens is 2. The molecule has 0 radical (unpaired) electrons. The molecule has 0 saturated carbocycles. The van der Waals surface area contributed by atoms with Crippen molar-refractivity contribution in [1.82, 2.24) is 0 Å². The Kier molecular flexibility index (Phi) is 3.71. The van der Waals surface area contributed by atoms with E-state index in [1.165, 1.54) is 37.4 Å². The van der Waals surface area contributed by atoms with Crippen molar-refractivity contribution in [2.45, 2.75) is 0 Å². The summed E-state index contributed by atoms with van der Waals surface area (Å²) in [6, 6.07) is 9.97. The zero-order valence-corrected chi connectivity index (χ0v) is 10.9. The monoisotopic (exact) mass is 279 g/mol. The number of aromatic hydroxyl groups is 1. The predicted molar refractivity (Wildman–Crippen MR) is 72.3 cm³/mol. The van der Waals surface area contributed by atoms with E-state index in [1.54, 1.807) is 12.1 Å². The third-order valence-corrected chi connectivity index (χ3v) is 3.03. The van der Waals surface area contributed by atoms with E-state index in [-0.39, 0.29) is 22.0 Å². The van der Waals surface area contributed by atoms with Gasteiger partial charge in [0.1, 0.15) is 11.6 Å². The molecule has 0 fully saturated rings. The van der Waals surface area contributed by atoms with Crippen LogP contribution in [0.1, 0.15) is 10.4 Å². The topological polar surface area (TPSA) is 40.5 Å². The Morgan fingerprint density at radius 2 is 1.95 bits per heavy atom. The number of hydrogen-bond donors (Lipinski definition) is 1. The van der Waals surface area contributed by atoms with Crippen LogP contribution in [0, 0.1) is 5.82 Å². The van der Waals surface area contributed by atoms with Crippen LogP contribution in [0.3, 0.4) is 0 Å². The highest BCUT2D eigenvalue weighted by Gasteiger charge is 2.19.